The Kier molecular flexibility index (Phi) is 4.10. The van der Waals surface area contributed by atoms with E-state index < -0.39 is 0 Å². The van der Waals surface area contributed by atoms with E-state index in [1.807, 2.05) is 29.1 Å². The van der Waals surface area contributed by atoms with Gasteiger partial charge in [-0.1, -0.05) is 12.1 Å². The van der Waals surface area contributed by atoms with E-state index >= 15 is 0 Å². The highest BCUT2D eigenvalue weighted by Crippen LogP contribution is 2.23. The zero-order valence-electron chi connectivity index (χ0n) is 11.9. The third kappa shape index (κ3) is 3.08. The summed E-state index contributed by atoms with van der Waals surface area (Å²) in [5.41, 5.74) is 8.99. The monoisotopic (exact) mass is 258 g/mol. The molecule has 102 valence electrons. The molecule has 2 aromatic rings. The second kappa shape index (κ2) is 5.78. The predicted molar refractivity (Wildman–Crippen MR) is 80.2 cm³/mol. The van der Waals surface area contributed by atoms with Gasteiger partial charge in [-0.2, -0.15) is 5.10 Å². The summed E-state index contributed by atoms with van der Waals surface area (Å²) in [5, 5.41) is 4.59. The van der Waals surface area contributed by atoms with Gasteiger partial charge in [0.2, 0.25) is 0 Å². The van der Waals surface area contributed by atoms with Crippen molar-refractivity contribution in [2.24, 2.45) is 0 Å². The number of aromatic nitrogens is 2. The molecule has 19 heavy (non-hydrogen) atoms. The van der Waals surface area contributed by atoms with Crippen molar-refractivity contribution in [3.63, 3.8) is 0 Å². The van der Waals surface area contributed by atoms with Crippen LogP contribution in [0.15, 0.2) is 36.5 Å². The lowest BCUT2D eigenvalue weighted by Gasteiger charge is -2.23. The van der Waals surface area contributed by atoms with E-state index in [1.54, 1.807) is 0 Å². The van der Waals surface area contributed by atoms with Gasteiger partial charge in [-0.05, 0) is 39.0 Å². The molecule has 2 rings (SSSR count). The molecular formula is C15H22N4. The predicted octanol–water partition coefficient (Wildman–Crippen LogP) is 3.07. The van der Waals surface area contributed by atoms with Crippen LogP contribution in [0.2, 0.25) is 0 Å². The van der Waals surface area contributed by atoms with Crippen LogP contribution in [-0.2, 0) is 6.54 Å². The number of nitrogen functional groups attached to an aromatic ring is 1. The van der Waals surface area contributed by atoms with Gasteiger partial charge in [0, 0.05) is 18.8 Å². The van der Waals surface area contributed by atoms with Gasteiger partial charge in [-0.15, -0.1) is 0 Å². The molecule has 0 spiro atoms. The molecule has 0 aliphatic rings. The van der Waals surface area contributed by atoms with Crippen molar-refractivity contribution < 1.29 is 0 Å². The molecule has 0 aliphatic heterocycles. The summed E-state index contributed by atoms with van der Waals surface area (Å²) in [6.07, 6.45) is 2.03. The maximum absolute atomic E-state index is 6.04. The van der Waals surface area contributed by atoms with Crippen LogP contribution in [0.5, 0.6) is 0 Å². The first kappa shape index (κ1) is 13.5. The lowest BCUT2D eigenvalue weighted by Crippen LogP contribution is -2.23. The minimum Gasteiger partial charge on any atom is -0.397 e. The van der Waals surface area contributed by atoms with E-state index in [4.69, 9.17) is 5.73 Å². The fourth-order valence-corrected chi connectivity index (χ4v) is 2.09. The highest BCUT2D eigenvalue weighted by atomic mass is 15.3. The molecule has 0 radical (unpaired) electrons. The van der Waals surface area contributed by atoms with E-state index in [1.165, 1.54) is 0 Å². The Bertz CT molecular complexity index is 530. The summed E-state index contributed by atoms with van der Waals surface area (Å²) in [6, 6.07) is 10.4. The van der Waals surface area contributed by atoms with E-state index in [-0.39, 0.29) is 0 Å². The Balaban J connectivity index is 2.17. The van der Waals surface area contributed by atoms with Gasteiger partial charge in [0.1, 0.15) is 0 Å². The number of benzene rings is 1. The van der Waals surface area contributed by atoms with E-state index in [0.717, 1.165) is 30.2 Å². The van der Waals surface area contributed by atoms with Crippen LogP contribution >= 0.6 is 0 Å². The fraction of sp³-hybridized carbons (Fsp3) is 0.400. The van der Waals surface area contributed by atoms with Gasteiger partial charge < -0.3 is 10.6 Å². The molecule has 0 fully saturated rings. The first-order chi connectivity index (χ1) is 9.11. The second-order valence-corrected chi connectivity index (χ2v) is 4.95. The third-order valence-electron chi connectivity index (χ3n) is 3.20. The molecule has 0 atom stereocenters. The number of rotatable bonds is 5. The number of nitrogens with zero attached hydrogens (tertiary/aromatic N) is 3. The van der Waals surface area contributed by atoms with Crippen molar-refractivity contribution in [2.45, 2.75) is 33.4 Å². The number of hydrogen-bond donors (Lipinski definition) is 1. The molecule has 1 aromatic heterocycles. The van der Waals surface area contributed by atoms with Crippen molar-refractivity contribution in [1.29, 1.82) is 0 Å². The molecule has 0 bridgehead atoms. The van der Waals surface area contributed by atoms with Crippen LogP contribution < -0.4 is 10.6 Å². The average molecular weight is 258 g/mol. The summed E-state index contributed by atoms with van der Waals surface area (Å²) >= 11 is 0. The molecule has 2 N–H and O–H groups in total. The number of nitrogens with two attached hydrogens (primary N) is 1. The average Bonchev–Trinajstić information content (AvgIpc) is 2.86. The molecule has 0 amide bonds. The summed E-state index contributed by atoms with van der Waals surface area (Å²) < 4.78 is 1.98. The highest BCUT2D eigenvalue weighted by Gasteiger charge is 2.10. The molecule has 0 saturated carbocycles. The maximum atomic E-state index is 6.04. The van der Waals surface area contributed by atoms with E-state index in [2.05, 4.69) is 42.9 Å². The molecule has 0 saturated heterocycles. The van der Waals surface area contributed by atoms with E-state index in [0.29, 0.717) is 6.04 Å². The summed E-state index contributed by atoms with van der Waals surface area (Å²) in [4.78, 5) is 2.24. The molecular weight excluding hydrogens is 236 g/mol. The lowest BCUT2D eigenvalue weighted by molar-refractivity contribution is 0.525. The number of hydrogen-bond acceptors (Lipinski definition) is 3. The summed E-state index contributed by atoms with van der Waals surface area (Å²) in [7, 11) is 0. The maximum Gasteiger partial charge on any atom is 0.0817 e. The summed E-state index contributed by atoms with van der Waals surface area (Å²) in [5.74, 6) is 0. The zero-order valence-corrected chi connectivity index (χ0v) is 11.9. The Morgan fingerprint density at radius 1 is 1.26 bits per heavy atom. The van der Waals surface area contributed by atoms with Crippen molar-refractivity contribution in [3.8, 4) is 0 Å². The molecule has 4 nitrogen and oxygen atoms in total. The third-order valence-corrected chi connectivity index (χ3v) is 3.20. The van der Waals surface area contributed by atoms with Gasteiger partial charge in [0.05, 0.1) is 23.6 Å². The SMILES string of the molecule is CCN(Cc1ccn(C(C)C)n1)c1ccccc1N. The van der Waals surface area contributed by atoms with Crippen LogP contribution in [-0.4, -0.2) is 16.3 Å². The van der Waals surface area contributed by atoms with Crippen LogP contribution in [0, 0.1) is 0 Å². The van der Waals surface area contributed by atoms with Crippen molar-refractivity contribution >= 4 is 11.4 Å². The molecule has 0 unspecified atom stereocenters. The van der Waals surface area contributed by atoms with Gasteiger partial charge in [-0.25, -0.2) is 0 Å². The lowest BCUT2D eigenvalue weighted by atomic mass is 10.2. The normalized spacial score (nSPS) is 10.9. The smallest absolute Gasteiger partial charge is 0.0817 e. The molecule has 1 heterocycles. The fourth-order valence-electron chi connectivity index (χ4n) is 2.09. The van der Waals surface area contributed by atoms with Crippen LogP contribution in [0.25, 0.3) is 0 Å². The second-order valence-electron chi connectivity index (χ2n) is 4.95. The van der Waals surface area contributed by atoms with Crippen LogP contribution in [0.4, 0.5) is 11.4 Å². The largest absolute Gasteiger partial charge is 0.397 e. The minimum absolute atomic E-state index is 0.394. The van der Waals surface area contributed by atoms with E-state index in [9.17, 15) is 0 Å². The molecule has 1 aromatic carbocycles. The van der Waals surface area contributed by atoms with Crippen molar-refractivity contribution in [1.82, 2.24) is 9.78 Å². The van der Waals surface area contributed by atoms with Crippen molar-refractivity contribution in [2.75, 3.05) is 17.2 Å². The molecule has 4 heteroatoms. The van der Waals surface area contributed by atoms with Gasteiger partial charge >= 0.3 is 0 Å². The number of para-hydroxylation sites is 2. The summed E-state index contributed by atoms with van der Waals surface area (Å²) in [6.45, 7) is 8.08. The van der Waals surface area contributed by atoms with Crippen molar-refractivity contribution in [3.05, 3.63) is 42.2 Å². The van der Waals surface area contributed by atoms with Gasteiger partial charge in [0.25, 0.3) is 0 Å². The first-order valence-electron chi connectivity index (χ1n) is 6.75. The topological polar surface area (TPSA) is 47.1 Å². The molecule has 0 aliphatic carbocycles. The number of anilines is 2. The quantitative estimate of drug-likeness (QED) is 0.838. The van der Waals surface area contributed by atoms with Crippen LogP contribution in [0.1, 0.15) is 32.5 Å². The zero-order chi connectivity index (χ0) is 13.8. The Hall–Kier alpha value is -1.97. The first-order valence-corrected chi connectivity index (χ1v) is 6.75. The van der Waals surface area contributed by atoms with Gasteiger partial charge in [0.15, 0.2) is 0 Å². The highest BCUT2D eigenvalue weighted by molar-refractivity contribution is 5.67. The Morgan fingerprint density at radius 2 is 2.00 bits per heavy atom. The standard InChI is InChI=1S/C15H22N4/c1-4-18(15-8-6-5-7-14(15)16)11-13-9-10-19(17-13)12(2)3/h5-10,12H,4,11,16H2,1-3H3. The van der Waals surface area contributed by atoms with Gasteiger partial charge in [-0.3, -0.25) is 4.68 Å². The Morgan fingerprint density at radius 3 is 2.58 bits per heavy atom. The minimum atomic E-state index is 0.394. The van der Waals surface area contributed by atoms with Crippen LogP contribution in [0.3, 0.4) is 0 Å². The Labute approximate surface area is 114 Å².